The average Bonchev–Trinajstić information content (AvgIpc) is 2.67. The molecule has 2 N–H and O–H groups in total. The van der Waals surface area contributed by atoms with Crippen LogP contribution in [-0.4, -0.2) is 31.6 Å². The summed E-state index contributed by atoms with van der Waals surface area (Å²) < 4.78 is 5.86. The molecule has 0 saturated carbocycles. The molecule has 0 unspecified atom stereocenters. The van der Waals surface area contributed by atoms with E-state index in [0.717, 1.165) is 12.1 Å². The van der Waals surface area contributed by atoms with Crippen LogP contribution in [-0.2, 0) is 9.53 Å². The lowest BCUT2D eigenvalue weighted by Gasteiger charge is -2.26. The van der Waals surface area contributed by atoms with E-state index in [9.17, 15) is 4.79 Å². The molecule has 1 saturated heterocycles. The zero-order chi connectivity index (χ0) is 14.5. The predicted octanol–water partition coefficient (Wildman–Crippen LogP) is 2.97. The summed E-state index contributed by atoms with van der Waals surface area (Å²) in [6.07, 6.45) is 0.222. The average molecular weight is 354 g/mol. The van der Waals surface area contributed by atoms with Crippen LogP contribution in [0.5, 0.6) is 0 Å². The second-order valence-electron chi connectivity index (χ2n) is 4.70. The number of amides is 1. The van der Waals surface area contributed by atoms with Gasteiger partial charge in [0.15, 0.2) is 0 Å². The van der Waals surface area contributed by atoms with E-state index in [1.807, 2.05) is 13.0 Å². The van der Waals surface area contributed by atoms with Crippen LogP contribution in [0.1, 0.15) is 25.0 Å². The Labute approximate surface area is 140 Å². The van der Waals surface area contributed by atoms with Gasteiger partial charge in [0.05, 0.1) is 22.7 Å². The fourth-order valence-corrected chi connectivity index (χ4v) is 2.50. The number of hydrogen-bond donors (Lipinski definition) is 2. The summed E-state index contributed by atoms with van der Waals surface area (Å²) in [5.74, 6) is 0.00682. The minimum atomic E-state index is -0.227. The van der Waals surface area contributed by atoms with Gasteiger partial charge in [0.25, 0.3) is 0 Å². The van der Waals surface area contributed by atoms with Gasteiger partial charge in [-0.05, 0) is 17.7 Å². The van der Waals surface area contributed by atoms with Gasteiger partial charge in [0.2, 0.25) is 5.91 Å². The van der Waals surface area contributed by atoms with Gasteiger partial charge < -0.3 is 15.4 Å². The third kappa shape index (κ3) is 5.01. The number of carbonyl (C=O) groups excluding carboxylic acids is 1. The van der Waals surface area contributed by atoms with Crippen molar-refractivity contribution in [1.82, 2.24) is 10.6 Å². The molecule has 1 heterocycles. The quantitative estimate of drug-likeness (QED) is 0.878. The molecular weight excluding hydrogens is 335 g/mol. The minimum absolute atomic E-state index is 0. The lowest BCUT2D eigenvalue weighted by Crippen LogP contribution is -2.44. The summed E-state index contributed by atoms with van der Waals surface area (Å²) in [5.41, 5.74) is 0.921. The van der Waals surface area contributed by atoms with E-state index in [4.69, 9.17) is 27.9 Å². The number of carbonyl (C=O) groups is 1. The minimum Gasteiger partial charge on any atom is -0.370 e. The summed E-state index contributed by atoms with van der Waals surface area (Å²) in [6, 6.07) is 5.31. The topological polar surface area (TPSA) is 50.4 Å². The molecule has 1 fully saturated rings. The van der Waals surface area contributed by atoms with Crippen molar-refractivity contribution in [3.8, 4) is 0 Å². The highest BCUT2D eigenvalue weighted by atomic mass is 35.5. The molecule has 0 aromatic heterocycles. The number of halogens is 3. The predicted molar refractivity (Wildman–Crippen MR) is 87.5 cm³/mol. The van der Waals surface area contributed by atoms with Crippen LogP contribution in [0.2, 0.25) is 10.0 Å². The van der Waals surface area contributed by atoms with E-state index < -0.39 is 0 Å². The van der Waals surface area contributed by atoms with Crippen molar-refractivity contribution in [2.24, 2.45) is 0 Å². The number of rotatable bonds is 3. The molecule has 2 rings (SSSR count). The first-order chi connectivity index (χ1) is 9.61. The van der Waals surface area contributed by atoms with Gasteiger partial charge in [-0.3, -0.25) is 4.79 Å². The third-order valence-corrected chi connectivity index (χ3v) is 3.98. The van der Waals surface area contributed by atoms with Gasteiger partial charge in [0, 0.05) is 19.5 Å². The largest absolute Gasteiger partial charge is 0.370 e. The standard InChI is InChI=1S/C14H18Cl2N2O2.ClH/c1-2-13(19)18-12-8-17-5-6-20-14(12)9-3-4-10(15)11(16)7-9;/h3-4,7,12,14,17H,2,5-6,8H2,1H3,(H,18,19);1H/t12-,14+;/m1./s1. The van der Waals surface area contributed by atoms with Crippen molar-refractivity contribution in [1.29, 1.82) is 0 Å². The van der Waals surface area contributed by atoms with Gasteiger partial charge >= 0.3 is 0 Å². The molecule has 1 aromatic carbocycles. The monoisotopic (exact) mass is 352 g/mol. The maximum absolute atomic E-state index is 11.6. The van der Waals surface area contributed by atoms with Gasteiger partial charge in [-0.1, -0.05) is 36.2 Å². The number of hydrogen-bond acceptors (Lipinski definition) is 3. The normalized spacial score (nSPS) is 22.0. The lowest BCUT2D eigenvalue weighted by molar-refractivity contribution is -0.122. The van der Waals surface area contributed by atoms with Crippen LogP contribution >= 0.6 is 35.6 Å². The number of nitrogens with one attached hydrogen (secondary N) is 2. The molecule has 1 aliphatic heterocycles. The van der Waals surface area contributed by atoms with Gasteiger partial charge in [-0.25, -0.2) is 0 Å². The van der Waals surface area contributed by atoms with Crippen molar-refractivity contribution in [2.75, 3.05) is 19.7 Å². The Hall–Kier alpha value is -0.520. The molecule has 7 heteroatoms. The van der Waals surface area contributed by atoms with Crippen molar-refractivity contribution in [2.45, 2.75) is 25.5 Å². The smallest absolute Gasteiger partial charge is 0.220 e. The summed E-state index contributed by atoms with van der Waals surface area (Å²) in [7, 11) is 0. The molecule has 1 amide bonds. The fraction of sp³-hybridized carbons (Fsp3) is 0.500. The summed E-state index contributed by atoms with van der Waals surface area (Å²) in [6.45, 7) is 3.84. The second-order valence-corrected chi connectivity index (χ2v) is 5.51. The molecule has 2 atom stereocenters. The van der Waals surface area contributed by atoms with Crippen LogP contribution < -0.4 is 10.6 Å². The van der Waals surface area contributed by atoms with Crippen LogP contribution in [0.15, 0.2) is 18.2 Å². The zero-order valence-electron chi connectivity index (χ0n) is 11.7. The molecule has 0 bridgehead atoms. The summed E-state index contributed by atoms with van der Waals surface area (Å²) in [4.78, 5) is 11.6. The number of benzene rings is 1. The van der Waals surface area contributed by atoms with Crippen LogP contribution in [0, 0.1) is 0 Å². The first kappa shape index (κ1) is 18.5. The van der Waals surface area contributed by atoms with Crippen molar-refractivity contribution >= 4 is 41.5 Å². The van der Waals surface area contributed by atoms with E-state index in [2.05, 4.69) is 10.6 Å². The molecule has 118 valence electrons. The van der Waals surface area contributed by atoms with Gasteiger partial charge in [0.1, 0.15) is 6.10 Å². The van der Waals surface area contributed by atoms with Gasteiger partial charge in [-0.2, -0.15) is 0 Å². The molecular formula is C14H19Cl3N2O2. The molecule has 0 aliphatic carbocycles. The Balaban J connectivity index is 0.00000220. The van der Waals surface area contributed by atoms with E-state index >= 15 is 0 Å². The third-order valence-electron chi connectivity index (χ3n) is 3.25. The Morgan fingerprint density at radius 2 is 2.19 bits per heavy atom. The fourth-order valence-electron chi connectivity index (χ4n) is 2.19. The Morgan fingerprint density at radius 1 is 1.43 bits per heavy atom. The highest BCUT2D eigenvalue weighted by Crippen LogP contribution is 2.29. The maximum atomic E-state index is 11.6. The lowest BCUT2D eigenvalue weighted by atomic mass is 10.0. The van der Waals surface area contributed by atoms with E-state index in [-0.39, 0.29) is 30.5 Å². The molecule has 1 aromatic rings. The van der Waals surface area contributed by atoms with Crippen LogP contribution in [0.25, 0.3) is 0 Å². The highest BCUT2D eigenvalue weighted by Gasteiger charge is 2.27. The zero-order valence-corrected chi connectivity index (χ0v) is 14.0. The maximum Gasteiger partial charge on any atom is 0.220 e. The summed E-state index contributed by atoms with van der Waals surface area (Å²) in [5, 5.41) is 7.24. The van der Waals surface area contributed by atoms with Gasteiger partial charge in [-0.15, -0.1) is 12.4 Å². The Morgan fingerprint density at radius 3 is 2.86 bits per heavy atom. The second kappa shape index (κ2) is 8.81. The summed E-state index contributed by atoms with van der Waals surface area (Å²) >= 11 is 12.0. The van der Waals surface area contributed by atoms with Crippen molar-refractivity contribution < 1.29 is 9.53 Å². The van der Waals surface area contributed by atoms with Crippen molar-refractivity contribution in [3.05, 3.63) is 33.8 Å². The Bertz CT molecular complexity index is 485. The van der Waals surface area contributed by atoms with Crippen LogP contribution in [0.3, 0.4) is 0 Å². The SMILES string of the molecule is CCC(=O)N[C@@H]1CNCCO[C@H]1c1ccc(Cl)c(Cl)c1.Cl. The molecule has 4 nitrogen and oxygen atoms in total. The highest BCUT2D eigenvalue weighted by molar-refractivity contribution is 6.42. The van der Waals surface area contributed by atoms with E-state index in [1.165, 1.54) is 0 Å². The molecule has 1 aliphatic rings. The first-order valence-corrected chi connectivity index (χ1v) is 7.44. The number of ether oxygens (including phenoxy) is 1. The first-order valence-electron chi connectivity index (χ1n) is 6.68. The van der Waals surface area contributed by atoms with E-state index in [1.54, 1.807) is 12.1 Å². The van der Waals surface area contributed by atoms with E-state index in [0.29, 0.717) is 29.6 Å². The molecule has 21 heavy (non-hydrogen) atoms. The van der Waals surface area contributed by atoms with Crippen LogP contribution in [0.4, 0.5) is 0 Å². The molecule has 0 spiro atoms. The Kier molecular flexibility index (Phi) is 7.77. The molecule has 0 radical (unpaired) electrons. The van der Waals surface area contributed by atoms with Crippen molar-refractivity contribution in [3.63, 3.8) is 0 Å².